The zero-order valence-corrected chi connectivity index (χ0v) is 8.54. The fourth-order valence-corrected chi connectivity index (χ4v) is 1.43. The lowest BCUT2D eigenvalue weighted by Crippen LogP contribution is -2.03. The van der Waals surface area contributed by atoms with Gasteiger partial charge in [0.1, 0.15) is 17.5 Å². The van der Waals surface area contributed by atoms with Crippen molar-refractivity contribution in [1.82, 2.24) is 0 Å². The lowest BCUT2D eigenvalue weighted by molar-refractivity contribution is 0.515. The molecule has 0 bridgehead atoms. The minimum atomic E-state index is -0.888. The van der Waals surface area contributed by atoms with Crippen molar-refractivity contribution in [3.8, 4) is 0 Å². The number of alkyl halides is 1. The Morgan fingerprint density at radius 1 is 1.23 bits per heavy atom. The molecule has 0 heterocycles. The van der Waals surface area contributed by atoms with Crippen molar-refractivity contribution in [2.45, 2.75) is 12.8 Å². The zero-order valence-electron chi connectivity index (χ0n) is 6.95. The summed E-state index contributed by atoms with van der Waals surface area (Å²) in [5.41, 5.74) is -0.0710. The molecule has 0 aliphatic rings. The number of halogens is 4. The van der Waals surface area contributed by atoms with Crippen LogP contribution in [-0.4, -0.2) is 5.33 Å². The van der Waals surface area contributed by atoms with Crippen LogP contribution in [0.4, 0.5) is 13.2 Å². The van der Waals surface area contributed by atoms with Crippen molar-refractivity contribution in [3.63, 3.8) is 0 Å². The van der Waals surface area contributed by atoms with Gasteiger partial charge in [0.25, 0.3) is 0 Å². The molecule has 0 radical (unpaired) electrons. The zero-order chi connectivity index (χ0) is 10.0. The average molecular weight is 253 g/mol. The van der Waals surface area contributed by atoms with Gasteiger partial charge in [0.2, 0.25) is 0 Å². The molecule has 0 N–H and O–H groups in total. The van der Waals surface area contributed by atoms with Gasteiger partial charge in [-0.3, -0.25) is 0 Å². The average Bonchev–Trinajstić information content (AvgIpc) is 2.02. The van der Waals surface area contributed by atoms with Crippen LogP contribution in [0.1, 0.15) is 18.4 Å². The van der Waals surface area contributed by atoms with Crippen molar-refractivity contribution < 1.29 is 13.2 Å². The monoisotopic (exact) mass is 252 g/mol. The molecule has 0 aromatic heterocycles. The Hall–Kier alpha value is -0.510. The number of hydrogen-bond acceptors (Lipinski definition) is 0. The predicted molar refractivity (Wildman–Crippen MR) is 48.5 cm³/mol. The van der Waals surface area contributed by atoms with Crippen LogP contribution in [0.25, 0.3) is 0 Å². The highest BCUT2D eigenvalue weighted by atomic mass is 79.9. The normalized spacial score (nSPS) is 13.0. The number of rotatable bonds is 2. The fraction of sp³-hybridized carbons (Fsp3) is 0.333. The van der Waals surface area contributed by atoms with Gasteiger partial charge in [-0.15, -0.1) is 0 Å². The van der Waals surface area contributed by atoms with E-state index in [4.69, 9.17) is 0 Å². The summed E-state index contributed by atoms with van der Waals surface area (Å²) < 4.78 is 38.6. The quantitative estimate of drug-likeness (QED) is 0.706. The topological polar surface area (TPSA) is 0 Å². The van der Waals surface area contributed by atoms with E-state index in [1.807, 2.05) is 0 Å². The third-order valence-electron chi connectivity index (χ3n) is 1.77. The van der Waals surface area contributed by atoms with Gasteiger partial charge in [0, 0.05) is 23.0 Å². The Labute approximate surface area is 82.9 Å². The SMILES string of the molecule is CC(CBr)c1c(F)cc(F)cc1F. The van der Waals surface area contributed by atoms with E-state index >= 15 is 0 Å². The van der Waals surface area contributed by atoms with Gasteiger partial charge >= 0.3 is 0 Å². The van der Waals surface area contributed by atoms with Crippen LogP contribution in [0, 0.1) is 17.5 Å². The molecule has 4 heteroatoms. The van der Waals surface area contributed by atoms with E-state index in [1.165, 1.54) is 0 Å². The van der Waals surface area contributed by atoms with Gasteiger partial charge < -0.3 is 0 Å². The highest BCUT2D eigenvalue weighted by Gasteiger charge is 2.16. The number of benzene rings is 1. The molecule has 0 saturated heterocycles. The van der Waals surface area contributed by atoms with E-state index in [0.29, 0.717) is 17.5 Å². The van der Waals surface area contributed by atoms with Crippen LogP contribution in [0.2, 0.25) is 0 Å². The molecule has 1 rings (SSSR count). The van der Waals surface area contributed by atoms with Crippen LogP contribution < -0.4 is 0 Å². The Bertz CT molecular complexity index is 289. The van der Waals surface area contributed by atoms with E-state index in [2.05, 4.69) is 15.9 Å². The lowest BCUT2D eigenvalue weighted by atomic mass is 10.0. The first-order chi connectivity index (χ1) is 6.06. The molecule has 1 unspecified atom stereocenters. The standard InChI is InChI=1S/C9H8BrF3/c1-5(4-10)9-7(12)2-6(11)3-8(9)13/h2-3,5H,4H2,1H3. The smallest absolute Gasteiger partial charge is 0.132 e. The largest absolute Gasteiger partial charge is 0.207 e. The second kappa shape index (κ2) is 4.13. The summed E-state index contributed by atoms with van der Waals surface area (Å²) in [5.74, 6) is -2.85. The van der Waals surface area contributed by atoms with Gasteiger partial charge in [-0.2, -0.15) is 0 Å². The molecule has 0 spiro atoms. The van der Waals surface area contributed by atoms with Gasteiger partial charge in [-0.1, -0.05) is 22.9 Å². The maximum absolute atomic E-state index is 13.0. The van der Waals surface area contributed by atoms with Crippen molar-refractivity contribution >= 4 is 15.9 Å². The van der Waals surface area contributed by atoms with E-state index in [1.54, 1.807) is 6.92 Å². The second-order valence-electron chi connectivity index (χ2n) is 2.84. The summed E-state index contributed by atoms with van der Waals surface area (Å²) >= 11 is 3.11. The summed E-state index contributed by atoms with van der Waals surface area (Å²) in [7, 11) is 0. The van der Waals surface area contributed by atoms with Crippen molar-refractivity contribution in [2.24, 2.45) is 0 Å². The first-order valence-electron chi connectivity index (χ1n) is 3.76. The van der Waals surface area contributed by atoms with Crippen LogP contribution in [0.3, 0.4) is 0 Å². The van der Waals surface area contributed by atoms with Crippen LogP contribution in [-0.2, 0) is 0 Å². The lowest BCUT2D eigenvalue weighted by Gasteiger charge is -2.10. The van der Waals surface area contributed by atoms with Crippen molar-refractivity contribution in [2.75, 3.05) is 5.33 Å². The Kier molecular flexibility index (Phi) is 3.36. The van der Waals surface area contributed by atoms with E-state index < -0.39 is 17.5 Å². The molecule has 1 aromatic carbocycles. The molecule has 0 amide bonds. The maximum atomic E-state index is 13.0. The molecule has 0 aliphatic carbocycles. The third-order valence-corrected chi connectivity index (χ3v) is 2.74. The van der Waals surface area contributed by atoms with E-state index in [-0.39, 0.29) is 11.5 Å². The van der Waals surface area contributed by atoms with Gasteiger partial charge in [-0.05, 0) is 5.92 Å². The molecule has 0 nitrogen and oxygen atoms in total. The van der Waals surface area contributed by atoms with Gasteiger partial charge in [-0.25, -0.2) is 13.2 Å². The maximum Gasteiger partial charge on any atom is 0.132 e. The Balaban J connectivity index is 3.20. The molecular formula is C9H8BrF3. The van der Waals surface area contributed by atoms with Crippen LogP contribution in [0.5, 0.6) is 0 Å². The molecular weight excluding hydrogens is 245 g/mol. The van der Waals surface area contributed by atoms with Crippen molar-refractivity contribution in [1.29, 1.82) is 0 Å². The summed E-state index contributed by atoms with van der Waals surface area (Å²) in [4.78, 5) is 0. The molecule has 0 aliphatic heterocycles. The molecule has 0 saturated carbocycles. The summed E-state index contributed by atoms with van der Waals surface area (Å²) in [6.45, 7) is 1.66. The van der Waals surface area contributed by atoms with Crippen LogP contribution >= 0.6 is 15.9 Å². The Morgan fingerprint density at radius 3 is 2.08 bits per heavy atom. The molecule has 1 aromatic rings. The van der Waals surface area contributed by atoms with Gasteiger partial charge in [0.05, 0.1) is 0 Å². The molecule has 72 valence electrons. The third kappa shape index (κ3) is 2.24. The first kappa shape index (κ1) is 10.6. The summed E-state index contributed by atoms with van der Waals surface area (Å²) in [6, 6.07) is 1.38. The Morgan fingerprint density at radius 2 is 1.69 bits per heavy atom. The first-order valence-corrected chi connectivity index (χ1v) is 4.88. The predicted octanol–water partition coefficient (Wildman–Crippen LogP) is 3.60. The highest BCUT2D eigenvalue weighted by molar-refractivity contribution is 9.09. The molecule has 1 atom stereocenters. The van der Waals surface area contributed by atoms with Crippen molar-refractivity contribution in [3.05, 3.63) is 35.1 Å². The second-order valence-corrected chi connectivity index (χ2v) is 3.49. The van der Waals surface area contributed by atoms with E-state index in [9.17, 15) is 13.2 Å². The minimum absolute atomic E-state index is 0.0710. The minimum Gasteiger partial charge on any atom is -0.207 e. The fourth-order valence-electron chi connectivity index (χ4n) is 1.10. The summed E-state index contributed by atoms with van der Waals surface area (Å²) in [5, 5.41) is 0.437. The molecule has 0 fully saturated rings. The summed E-state index contributed by atoms with van der Waals surface area (Å²) in [6.07, 6.45) is 0. The van der Waals surface area contributed by atoms with E-state index in [0.717, 1.165) is 0 Å². The van der Waals surface area contributed by atoms with Gasteiger partial charge in [0.15, 0.2) is 0 Å². The van der Waals surface area contributed by atoms with Crippen LogP contribution in [0.15, 0.2) is 12.1 Å². The highest BCUT2D eigenvalue weighted by Crippen LogP contribution is 2.24. The molecule has 13 heavy (non-hydrogen) atoms. The number of hydrogen-bond donors (Lipinski definition) is 0.